The zero-order chi connectivity index (χ0) is 16.6. The largest absolute Gasteiger partial charge is 0.298 e. The summed E-state index contributed by atoms with van der Waals surface area (Å²) in [4.78, 5) is 37.0. The molecule has 0 N–H and O–H groups in total. The molecule has 1 aromatic rings. The Balaban J connectivity index is 0.00000208. The highest BCUT2D eigenvalue weighted by molar-refractivity contribution is 6.32. The number of carbonyl (C=O) groups excluding carboxylic acids is 2. The Morgan fingerprint density at radius 3 is 2.58 bits per heavy atom. The van der Waals surface area contributed by atoms with Gasteiger partial charge in [0, 0.05) is 24.0 Å². The van der Waals surface area contributed by atoms with E-state index in [9.17, 15) is 19.7 Å². The van der Waals surface area contributed by atoms with Crippen molar-refractivity contribution >= 4 is 41.3 Å². The van der Waals surface area contributed by atoms with E-state index >= 15 is 0 Å². The second-order valence-electron chi connectivity index (χ2n) is 6.11. The van der Waals surface area contributed by atoms with Gasteiger partial charge in [0.25, 0.3) is 5.69 Å². The number of nitro benzene ring substituents is 1. The summed E-state index contributed by atoms with van der Waals surface area (Å²) in [7, 11) is 0. The van der Waals surface area contributed by atoms with E-state index in [0.29, 0.717) is 6.42 Å². The third-order valence-corrected chi connectivity index (χ3v) is 5.13. The van der Waals surface area contributed by atoms with E-state index in [4.69, 9.17) is 11.6 Å². The normalized spacial score (nSPS) is 25.2. The number of nitro groups is 1. The predicted octanol–water partition coefficient (Wildman–Crippen LogP) is 3.30. The van der Waals surface area contributed by atoms with Crippen molar-refractivity contribution in [1.82, 2.24) is 4.90 Å². The first-order valence-corrected chi connectivity index (χ1v) is 8.10. The van der Waals surface area contributed by atoms with E-state index in [1.807, 2.05) is 0 Å². The smallest absolute Gasteiger partial charge is 0.288 e. The minimum Gasteiger partial charge on any atom is -0.298 e. The average molecular weight is 373 g/mol. The summed E-state index contributed by atoms with van der Waals surface area (Å²) < 4.78 is 0. The monoisotopic (exact) mass is 372 g/mol. The van der Waals surface area contributed by atoms with Gasteiger partial charge in [-0.3, -0.25) is 24.6 Å². The first-order chi connectivity index (χ1) is 11.0. The van der Waals surface area contributed by atoms with Crippen LogP contribution in [0.2, 0.25) is 5.02 Å². The van der Waals surface area contributed by atoms with Crippen molar-refractivity contribution in [3.8, 4) is 0 Å². The standard InChI is InChI=1S/C16H17ClN2O4.ClH/c17-12-2-1-11(9-14(12)19(22)23)15(20)4-3-13-16(21)10-5-7-18(13)8-6-10;/h1-2,9-10,13H,3-8H2;1H. The van der Waals surface area contributed by atoms with Crippen molar-refractivity contribution in [3.05, 3.63) is 38.9 Å². The van der Waals surface area contributed by atoms with Crippen LogP contribution in [0.5, 0.6) is 0 Å². The van der Waals surface area contributed by atoms with E-state index in [0.717, 1.165) is 25.9 Å². The number of hydrogen-bond donors (Lipinski definition) is 0. The quantitative estimate of drug-likeness (QED) is 0.450. The Morgan fingerprint density at radius 1 is 1.33 bits per heavy atom. The summed E-state index contributed by atoms with van der Waals surface area (Å²) in [6, 6.07) is 3.89. The molecule has 3 heterocycles. The average Bonchev–Trinajstić information content (AvgIpc) is 2.55. The Kier molecular flexibility index (Phi) is 5.96. The maximum atomic E-state index is 12.3. The maximum absolute atomic E-state index is 12.3. The third kappa shape index (κ3) is 3.61. The first-order valence-electron chi connectivity index (χ1n) is 7.72. The molecular weight excluding hydrogens is 355 g/mol. The van der Waals surface area contributed by atoms with Crippen LogP contribution in [0.1, 0.15) is 36.0 Å². The molecule has 0 amide bonds. The van der Waals surface area contributed by atoms with Gasteiger partial charge in [-0.15, -0.1) is 12.4 Å². The van der Waals surface area contributed by atoms with Crippen LogP contribution in [-0.4, -0.2) is 40.5 Å². The second-order valence-corrected chi connectivity index (χ2v) is 6.52. The summed E-state index contributed by atoms with van der Waals surface area (Å²) in [5, 5.41) is 10.9. The molecule has 0 aromatic heterocycles. The lowest BCUT2D eigenvalue weighted by molar-refractivity contribution is -0.384. The number of rotatable bonds is 5. The molecule has 0 aliphatic carbocycles. The van der Waals surface area contributed by atoms with Crippen LogP contribution in [0.25, 0.3) is 0 Å². The molecule has 3 saturated heterocycles. The summed E-state index contributed by atoms with van der Waals surface area (Å²) in [5.41, 5.74) is -0.00131. The second kappa shape index (κ2) is 7.59. The lowest BCUT2D eigenvalue weighted by Crippen LogP contribution is -2.55. The fourth-order valence-corrected chi connectivity index (χ4v) is 3.70. The van der Waals surface area contributed by atoms with E-state index in [1.165, 1.54) is 18.2 Å². The number of Topliss-reactive ketones (excluding diaryl/α,β-unsaturated/α-hetero) is 2. The molecule has 3 aliphatic rings. The van der Waals surface area contributed by atoms with Gasteiger partial charge < -0.3 is 0 Å². The lowest BCUT2D eigenvalue weighted by atomic mass is 9.80. The van der Waals surface area contributed by atoms with Crippen LogP contribution in [0.4, 0.5) is 5.69 Å². The maximum Gasteiger partial charge on any atom is 0.288 e. The van der Waals surface area contributed by atoms with E-state index in [2.05, 4.69) is 4.90 Å². The Labute approximate surface area is 150 Å². The Morgan fingerprint density at radius 2 is 2.00 bits per heavy atom. The van der Waals surface area contributed by atoms with E-state index < -0.39 is 4.92 Å². The third-order valence-electron chi connectivity index (χ3n) is 4.81. The topological polar surface area (TPSA) is 80.5 Å². The number of ketones is 2. The number of halogens is 2. The van der Waals surface area contributed by atoms with Gasteiger partial charge in [-0.2, -0.15) is 0 Å². The van der Waals surface area contributed by atoms with Gasteiger partial charge >= 0.3 is 0 Å². The Hall–Kier alpha value is -1.50. The molecule has 0 radical (unpaired) electrons. The molecule has 1 atom stereocenters. The van der Waals surface area contributed by atoms with Gasteiger partial charge in [-0.1, -0.05) is 11.6 Å². The number of nitrogens with zero attached hydrogens (tertiary/aromatic N) is 2. The fourth-order valence-electron chi connectivity index (χ4n) is 3.51. The zero-order valence-electron chi connectivity index (χ0n) is 12.9. The van der Waals surface area contributed by atoms with Gasteiger partial charge in [0.1, 0.15) is 5.02 Å². The van der Waals surface area contributed by atoms with Gasteiger partial charge in [0.2, 0.25) is 0 Å². The molecule has 4 rings (SSSR count). The highest BCUT2D eigenvalue weighted by Crippen LogP contribution is 2.31. The first kappa shape index (κ1) is 18.8. The molecule has 8 heteroatoms. The highest BCUT2D eigenvalue weighted by Gasteiger charge is 2.40. The lowest BCUT2D eigenvalue weighted by Gasteiger charge is -2.44. The van der Waals surface area contributed by atoms with E-state index in [-0.39, 0.29) is 58.6 Å². The van der Waals surface area contributed by atoms with Crippen LogP contribution in [0.15, 0.2) is 18.2 Å². The minimum atomic E-state index is -0.603. The van der Waals surface area contributed by atoms with Gasteiger partial charge in [0.05, 0.1) is 11.0 Å². The Bertz CT molecular complexity index is 672. The van der Waals surface area contributed by atoms with Crippen molar-refractivity contribution in [2.45, 2.75) is 31.7 Å². The summed E-state index contributed by atoms with van der Waals surface area (Å²) in [5.74, 6) is 0.203. The SMILES string of the molecule is Cl.O=C(CCC1C(=O)C2CCN1CC2)c1ccc(Cl)c([N+](=O)[O-])c1. The van der Waals surface area contributed by atoms with Gasteiger partial charge in [-0.25, -0.2) is 0 Å². The molecule has 3 fully saturated rings. The van der Waals surface area contributed by atoms with Crippen molar-refractivity contribution in [2.24, 2.45) is 5.92 Å². The van der Waals surface area contributed by atoms with E-state index in [1.54, 1.807) is 0 Å². The molecule has 1 unspecified atom stereocenters. The van der Waals surface area contributed by atoms with Gasteiger partial charge in [0.15, 0.2) is 11.6 Å². The van der Waals surface area contributed by atoms with Crippen LogP contribution < -0.4 is 0 Å². The van der Waals surface area contributed by atoms with Crippen LogP contribution in [0, 0.1) is 16.0 Å². The summed E-state index contributed by atoms with van der Waals surface area (Å²) in [6.45, 7) is 1.84. The molecule has 24 heavy (non-hydrogen) atoms. The number of carbonyl (C=O) groups is 2. The molecule has 0 saturated carbocycles. The summed E-state index contributed by atoms with van der Waals surface area (Å²) >= 11 is 5.75. The van der Waals surface area contributed by atoms with Crippen LogP contribution >= 0.6 is 24.0 Å². The van der Waals surface area contributed by atoms with Crippen molar-refractivity contribution in [3.63, 3.8) is 0 Å². The number of piperidine rings is 3. The molecule has 3 aliphatic heterocycles. The fraction of sp³-hybridized carbons (Fsp3) is 0.500. The predicted molar refractivity (Wildman–Crippen MR) is 92.0 cm³/mol. The zero-order valence-corrected chi connectivity index (χ0v) is 14.5. The molecule has 1 aromatic carbocycles. The molecule has 6 nitrogen and oxygen atoms in total. The molecular formula is C16H18Cl2N2O4. The van der Waals surface area contributed by atoms with Crippen molar-refractivity contribution in [2.75, 3.05) is 13.1 Å². The highest BCUT2D eigenvalue weighted by atomic mass is 35.5. The van der Waals surface area contributed by atoms with Crippen molar-refractivity contribution in [1.29, 1.82) is 0 Å². The number of benzene rings is 1. The van der Waals surface area contributed by atoms with Crippen LogP contribution in [0.3, 0.4) is 0 Å². The summed E-state index contributed by atoms with van der Waals surface area (Å²) in [6.07, 6.45) is 2.53. The molecule has 130 valence electrons. The van der Waals surface area contributed by atoms with Crippen LogP contribution in [-0.2, 0) is 4.79 Å². The molecule has 0 spiro atoms. The van der Waals surface area contributed by atoms with Crippen molar-refractivity contribution < 1.29 is 14.5 Å². The number of hydrogen-bond acceptors (Lipinski definition) is 5. The molecule has 2 bridgehead atoms. The number of fused-ring (bicyclic) bond motifs is 3. The minimum absolute atomic E-state index is 0. The van der Waals surface area contributed by atoms with Gasteiger partial charge in [-0.05, 0) is 44.5 Å².